The largest absolute Gasteiger partial charge is 0.497 e. The molecule has 2 amide bonds. The van der Waals surface area contributed by atoms with Gasteiger partial charge in [-0.2, -0.15) is 5.10 Å². The summed E-state index contributed by atoms with van der Waals surface area (Å²) in [6.45, 7) is 0. The third kappa shape index (κ3) is 4.98. The number of carbonyl (C=O) groups excluding carboxylic acids is 2. The highest BCUT2D eigenvalue weighted by Crippen LogP contribution is 2.30. The van der Waals surface area contributed by atoms with Gasteiger partial charge in [0.05, 0.1) is 19.0 Å². The van der Waals surface area contributed by atoms with E-state index in [0.717, 1.165) is 23.0 Å². The second kappa shape index (κ2) is 9.45. The average Bonchev–Trinajstić information content (AvgIpc) is 3.01. The van der Waals surface area contributed by atoms with E-state index in [1.54, 1.807) is 37.6 Å². The molecule has 2 aromatic rings. The van der Waals surface area contributed by atoms with Crippen molar-refractivity contribution in [3.63, 3.8) is 0 Å². The molecule has 1 aliphatic rings. The summed E-state index contributed by atoms with van der Waals surface area (Å²) in [7, 11) is 5.49. The molecular weight excluding hydrogens is 402 g/mol. The van der Waals surface area contributed by atoms with Crippen molar-refractivity contribution in [1.29, 1.82) is 0 Å². The Balaban J connectivity index is 1.62. The van der Waals surface area contributed by atoms with Gasteiger partial charge in [0.25, 0.3) is 0 Å². The Hall–Kier alpha value is -3.33. The summed E-state index contributed by atoms with van der Waals surface area (Å²) in [4.78, 5) is 28.2. The van der Waals surface area contributed by atoms with Gasteiger partial charge >= 0.3 is 0 Å². The summed E-state index contributed by atoms with van der Waals surface area (Å²) in [6, 6.07) is 14.5. The number of carbonyl (C=O) groups is 2. The number of ether oxygens (including phenoxy) is 1. The van der Waals surface area contributed by atoms with Crippen LogP contribution in [0.1, 0.15) is 12.0 Å². The quantitative estimate of drug-likeness (QED) is 0.330. The van der Waals surface area contributed by atoms with Crippen molar-refractivity contribution in [2.24, 2.45) is 15.9 Å². The minimum Gasteiger partial charge on any atom is -0.497 e. The zero-order valence-corrected chi connectivity index (χ0v) is 17.8. The molecular formula is C21H23N5O3S. The molecule has 2 N–H and O–H groups in total. The minimum absolute atomic E-state index is 0.0570. The van der Waals surface area contributed by atoms with Gasteiger partial charge in [-0.25, -0.2) is 4.90 Å². The molecule has 9 heteroatoms. The minimum atomic E-state index is -0.627. The maximum absolute atomic E-state index is 12.7. The number of imide groups is 1. The van der Waals surface area contributed by atoms with E-state index in [4.69, 9.17) is 10.5 Å². The summed E-state index contributed by atoms with van der Waals surface area (Å²) in [5.74, 6) is 0.0471. The van der Waals surface area contributed by atoms with Crippen LogP contribution in [-0.4, -0.2) is 49.7 Å². The van der Waals surface area contributed by atoms with Crippen LogP contribution in [0.2, 0.25) is 0 Å². The fraction of sp³-hybridized carbons (Fsp3) is 0.238. The molecule has 1 heterocycles. The highest BCUT2D eigenvalue weighted by atomic mass is 32.2. The number of methoxy groups -OCH3 is 1. The third-order valence-corrected chi connectivity index (χ3v) is 5.45. The van der Waals surface area contributed by atoms with Gasteiger partial charge in [0.15, 0.2) is 5.17 Å². The molecule has 1 saturated heterocycles. The SMILES string of the molecule is COc1ccc(N2C(=O)CC(SC(N)=N/N=C/c3ccc(N(C)C)cc3)C2=O)cc1. The van der Waals surface area contributed by atoms with Gasteiger partial charge in [-0.1, -0.05) is 23.9 Å². The van der Waals surface area contributed by atoms with Crippen LogP contribution in [-0.2, 0) is 9.59 Å². The number of nitrogens with zero attached hydrogens (tertiary/aromatic N) is 4. The number of anilines is 2. The molecule has 1 unspecified atom stereocenters. The Bertz CT molecular complexity index is 971. The molecule has 8 nitrogen and oxygen atoms in total. The predicted molar refractivity (Wildman–Crippen MR) is 121 cm³/mol. The molecule has 0 aliphatic carbocycles. The molecule has 1 atom stereocenters. The van der Waals surface area contributed by atoms with Crippen LogP contribution in [0.15, 0.2) is 58.7 Å². The van der Waals surface area contributed by atoms with E-state index in [-0.39, 0.29) is 23.4 Å². The van der Waals surface area contributed by atoms with Gasteiger partial charge in [0.2, 0.25) is 11.8 Å². The van der Waals surface area contributed by atoms with Crippen LogP contribution in [0.25, 0.3) is 0 Å². The van der Waals surface area contributed by atoms with Crippen molar-refractivity contribution in [3.8, 4) is 5.75 Å². The summed E-state index contributed by atoms with van der Waals surface area (Å²) in [5.41, 5.74) is 8.36. The van der Waals surface area contributed by atoms with Crippen LogP contribution in [0.3, 0.4) is 0 Å². The van der Waals surface area contributed by atoms with Gasteiger partial charge < -0.3 is 15.4 Å². The van der Waals surface area contributed by atoms with Crippen molar-refractivity contribution in [2.45, 2.75) is 11.7 Å². The Morgan fingerprint density at radius 3 is 2.43 bits per heavy atom. The lowest BCUT2D eigenvalue weighted by atomic mass is 10.2. The zero-order chi connectivity index (χ0) is 21.7. The Labute approximate surface area is 179 Å². The second-order valence-electron chi connectivity index (χ2n) is 6.74. The molecule has 0 bridgehead atoms. The first kappa shape index (κ1) is 21.4. The first-order valence-corrected chi connectivity index (χ1v) is 10.1. The Kier molecular flexibility index (Phi) is 6.73. The van der Waals surface area contributed by atoms with E-state index in [1.165, 1.54) is 4.90 Å². The molecule has 30 heavy (non-hydrogen) atoms. The Morgan fingerprint density at radius 1 is 1.17 bits per heavy atom. The third-order valence-electron chi connectivity index (χ3n) is 4.47. The number of amides is 2. The second-order valence-corrected chi connectivity index (χ2v) is 7.97. The van der Waals surface area contributed by atoms with Crippen LogP contribution in [0, 0.1) is 0 Å². The van der Waals surface area contributed by atoms with E-state index < -0.39 is 5.25 Å². The lowest BCUT2D eigenvalue weighted by molar-refractivity contribution is -0.121. The topological polar surface area (TPSA) is 101 Å². The lowest BCUT2D eigenvalue weighted by Crippen LogP contribution is -2.31. The highest BCUT2D eigenvalue weighted by Gasteiger charge is 2.40. The Morgan fingerprint density at radius 2 is 1.83 bits per heavy atom. The summed E-state index contributed by atoms with van der Waals surface area (Å²) in [6.07, 6.45) is 1.64. The fourth-order valence-corrected chi connectivity index (χ4v) is 3.70. The molecule has 2 aromatic carbocycles. The standard InChI is InChI=1S/C21H23N5O3S/c1-25(2)15-6-4-14(5-7-15)13-23-24-21(22)30-18-12-19(27)26(20(18)28)16-8-10-17(29-3)11-9-16/h4-11,13,18H,12H2,1-3H3,(H2,22,24)/b23-13+. The van der Waals surface area contributed by atoms with Crippen molar-refractivity contribution in [3.05, 3.63) is 54.1 Å². The first-order chi connectivity index (χ1) is 14.4. The fourth-order valence-electron chi connectivity index (χ4n) is 2.88. The van der Waals surface area contributed by atoms with E-state index in [1.807, 2.05) is 43.3 Å². The van der Waals surface area contributed by atoms with Crippen LogP contribution in [0.5, 0.6) is 5.75 Å². The number of amidine groups is 1. The molecule has 0 aromatic heterocycles. The van der Waals surface area contributed by atoms with Crippen molar-refractivity contribution < 1.29 is 14.3 Å². The molecule has 0 radical (unpaired) electrons. The van der Waals surface area contributed by atoms with Crippen LogP contribution < -0.4 is 20.3 Å². The van der Waals surface area contributed by atoms with Crippen LogP contribution >= 0.6 is 11.8 Å². The smallest absolute Gasteiger partial charge is 0.247 e. The number of hydrogen-bond acceptors (Lipinski definition) is 7. The van der Waals surface area contributed by atoms with Crippen molar-refractivity contribution in [2.75, 3.05) is 31.0 Å². The number of nitrogens with two attached hydrogens (primary N) is 1. The summed E-state index contributed by atoms with van der Waals surface area (Å²) < 4.78 is 5.10. The molecule has 3 rings (SSSR count). The molecule has 0 spiro atoms. The molecule has 1 fully saturated rings. The number of hydrogen-bond donors (Lipinski definition) is 1. The van der Waals surface area contributed by atoms with Gasteiger partial charge in [-0.05, 0) is 42.0 Å². The molecule has 0 saturated carbocycles. The van der Waals surface area contributed by atoms with Gasteiger partial charge in [-0.15, -0.1) is 5.10 Å². The van der Waals surface area contributed by atoms with Crippen molar-refractivity contribution in [1.82, 2.24) is 0 Å². The van der Waals surface area contributed by atoms with Gasteiger partial charge in [0.1, 0.15) is 11.0 Å². The number of benzene rings is 2. The number of thioether (sulfide) groups is 1. The molecule has 156 valence electrons. The number of rotatable bonds is 6. The maximum atomic E-state index is 12.7. The van der Waals surface area contributed by atoms with E-state index in [0.29, 0.717) is 11.4 Å². The normalized spacial score (nSPS) is 17.1. The molecule has 1 aliphatic heterocycles. The maximum Gasteiger partial charge on any atom is 0.247 e. The van der Waals surface area contributed by atoms with E-state index in [2.05, 4.69) is 10.2 Å². The van der Waals surface area contributed by atoms with E-state index >= 15 is 0 Å². The van der Waals surface area contributed by atoms with E-state index in [9.17, 15) is 9.59 Å². The monoisotopic (exact) mass is 425 g/mol. The van der Waals surface area contributed by atoms with Crippen molar-refractivity contribution >= 4 is 46.3 Å². The van der Waals surface area contributed by atoms with Crippen LogP contribution in [0.4, 0.5) is 11.4 Å². The highest BCUT2D eigenvalue weighted by molar-refractivity contribution is 8.14. The summed E-state index contributed by atoms with van der Waals surface area (Å²) in [5, 5.41) is 7.41. The lowest BCUT2D eigenvalue weighted by Gasteiger charge is -2.15. The summed E-state index contributed by atoms with van der Waals surface area (Å²) >= 11 is 1.04. The zero-order valence-electron chi connectivity index (χ0n) is 17.0. The average molecular weight is 426 g/mol. The predicted octanol–water partition coefficient (Wildman–Crippen LogP) is 2.48. The first-order valence-electron chi connectivity index (χ1n) is 9.20. The van der Waals surface area contributed by atoms with Gasteiger partial charge in [-0.3, -0.25) is 9.59 Å². The van der Waals surface area contributed by atoms with Gasteiger partial charge in [0, 0.05) is 26.2 Å².